The summed E-state index contributed by atoms with van der Waals surface area (Å²) in [5.74, 6) is 3.32. The van der Waals surface area contributed by atoms with Crippen LogP contribution >= 0.6 is 0 Å². The molecule has 0 aromatic carbocycles. The fraction of sp³-hybridized carbons (Fsp3) is 0.231. The number of aromatic amines is 1. The van der Waals surface area contributed by atoms with Crippen LogP contribution in [-0.2, 0) is 20.7 Å². The number of H-pyrrole nitrogens is 1. The largest absolute Gasteiger partial charge is 0.472 e. The van der Waals surface area contributed by atoms with Crippen molar-refractivity contribution < 1.29 is 6.15 Å². The van der Waals surface area contributed by atoms with E-state index >= 15 is 0 Å². The van der Waals surface area contributed by atoms with Gasteiger partial charge >= 0.3 is 5.69 Å². The smallest absolute Gasteiger partial charge is 0.369 e. The fourth-order valence-electron chi connectivity index (χ4n) is 2.10. The van der Waals surface area contributed by atoms with Crippen LogP contribution in [0.4, 0.5) is 0 Å². The number of nitrogens with one attached hydrogen (secondary N) is 1. The molecule has 0 unspecified atom stereocenters. The minimum Gasteiger partial charge on any atom is -0.472 e. The van der Waals surface area contributed by atoms with Gasteiger partial charge in [-0.25, -0.2) is 4.79 Å². The molecule has 3 rings (SSSR count). The Labute approximate surface area is 126 Å². The second-order valence-electron chi connectivity index (χ2n) is 4.56. The number of rotatable bonds is 4. The quantitative estimate of drug-likeness (QED) is 0.661. The Morgan fingerprint density at radius 1 is 1.50 bits per heavy atom. The summed E-state index contributed by atoms with van der Waals surface area (Å²) in [4.78, 5) is 12.1. The Morgan fingerprint density at radius 3 is 2.91 bits per heavy atom. The molecule has 0 spiro atoms. The minimum absolute atomic E-state index is 0.0791. The topological polar surface area (TPSA) is 95.5 Å². The molecule has 0 aliphatic heterocycles. The lowest BCUT2D eigenvalue weighted by Crippen LogP contribution is -2.24. The van der Waals surface area contributed by atoms with Gasteiger partial charge in [0.1, 0.15) is 12.4 Å². The molecule has 1 N–H and O–H groups in total. The Hall–Kier alpha value is -3.28. The molecule has 3 aromatic rings. The summed E-state index contributed by atoms with van der Waals surface area (Å²) in [5, 5.41) is 12.2. The van der Waals surface area contributed by atoms with Crippen molar-refractivity contribution in [2.75, 3.05) is 0 Å². The molecule has 22 heavy (non-hydrogen) atoms. The van der Waals surface area contributed by atoms with Crippen molar-refractivity contribution in [1.82, 2.24) is 34.5 Å². The Morgan fingerprint density at radius 2 is 2.32 bits per heavy atom. The molecule has 0 saturated heterocycles. The van der Waals surface area contributed by atoms with E-state index in [0.29, 0.717) is 16.9 Å². The maximum Gasteiger partial charge on any atom is 0.369 e. The summed E-state index contributed by atoms with van der Waals surface area (Å²) in [5.41, 5.74) is 0.786. The average molecular weight is 301 g/mol. The lowest BCUT2D eigenvalue weighted by Gasteiger charge is -2.06. The molecule has 0 amide bonds. The van der Waals surface area contributed by atoms with Crippen LogP contribution in [0.5, 0.6) is 5.88 Å². The number of hydrogen-bond acceptors (Lipinski definition) is 5. The fourth-order valence-corrected chi connectivity index (χ4v) is 2.10. The lowest BCUT2D eigenvalue weighted by atomic mass is 10.2. The molecule has 0 saturated carbocycles. The zero-order valence-electron chi connectivity index (χ0n) is 13.0. The van der Waals surface area contributed by atoms with E-state index in [1.165, 1.54) is 13.2 Å². The van der Waals surface area contributed by atoms with E-state index in [1.54, 1.807) is 23.9 Å². The third-order valence-electron chi connectivity index (χ3n) is 3.13. The third kappa shape index (κ3) is 2.16. The minimum atomic E-state index is -0.397. The summed E-state index contributed by atoms with van der Waals surface area (Å²) >= 11 is 0. The van der Waals surface area contributed by atoms with Gasteiger partial charge in [-0.1, -0.05) is 5.92 Å². The van der Waals surface area contributed by atoms with E-state index in [1.807, 2.05) is 0 Å². The first kappa shape index (κ1) is 12.5. The van der Waals surface area contributed by atoms with Gasteiger partial charge in [0.25, 0.3) is 0 Å². The van der Waals surface area contributed by atoms with Gasteiger partial charge in [0.15, 0.2) is 1.41 Å². The van der Waals surface area contributed by atoms with Crippen molar-refractivity contribution in [3.8, 4) is 24.0 Å². The molecule has 112 valence electrons. The van der Waals surface area contributed by atoms with Crippen molar-refractivity contribution in [3.05, 3.63) is 40.1 Å². The highest BCUT2D eigenvalue weighted by molar-refractivity contribution is 5.49. The van der Waals surface area contributed by atoms with Crippen LogP contribution in [0.25, 0.3) is 5.82 Å². The van der Waals surface area contributed by atoms with E-state index < -0.39 is 5.69 Å². The van der Waals surface area contributed by atoms with Crippen molar-refractivity contribution in [3.63, 3.8) is 0 Å². The van der Waals surface area contributed by atoms with E-state index in [2.05, 4.69) is 21.4 Å². The van der Waals surface area contributed by atoms with Gasteiger partial charge in [-0.15, -0.1) is 16.2 Å². The first-order valence-corrected chi connectivity index (χ1v) is 6.33. The summed E-state index contributed by atoms with van der Waals surface area (Å²) in [6.07, 6.45) is 8.68. The summed E-state index contributed by atoms with van der Waals surface area (Å²) in [6.45, 7) is 0.0791. The van der Waals surface area contributed by atoms with Crippen molar-refractivity contribution >= 4 is 0 Å². The van der Waals surface area contributed by atoms with E-state index in [9.17, 15) is 4.79 Å². The van der Waals surface area contributed by atoms with Crippen LogP contribution in [0.2, 0.25) is 1.41 Å². The van der Waals surface area contributed by atoms with Gasteiger partial charge in [-0.05, 0) is 10.4 Å². The average Bonchev–Trinajstić information content (AvgIpc) is 3.17. The van der Waals surface area contributed by atoms with Crippen LogP contribution in [0, 0.1) is 12.3 Å². The molecule has 0 aliphatic carbocycles. The van der Waals surface area contributed by atoms with Crippen LogP contribution < -0.4 is 10.4 Å². The zero-order valence-corrected chi connectivity index (χ0v) is 12.0. The standard InChI is InChI=1S/C13H13N7O2/c1-4-9-7-18(2)12(20-13(21)19(3)16-17-20)10(9)8-22-11-5-6-14-15-11/h1,5-7H,8H2,2-3H3,(H,14,15)/i/hT. The molecule has 9 heteroatoms. The van der Waals surface area contributed by atoms with Gasteiger partial charge in [-0.2, -0.15) is 4.68 Å². The van der Waals surface area contributed by atoms with Crippen LogP contribution in [0.3, 0.4) is 0 Å². The number of nitrogens with zero attached hydrogens (tertiary/aromatic N) is 6. The number of terminal acetylenes is 1. The number of aryl methyl sites for hydroxylation is 2. The van der Waals surface area contributed by atoms with E-state index in [-0.39, 0.29) is 12.5 Å². The molecule has 0 atom stereocenters. The summed E-state index contributed by atoms with van der Waals surface area (Å²) in [6, 6.07) is 1.56. The normalized spacial score (nSPS) is 11.2. The Kier molecular flexibility index (Phi) is 2.97. The monoisotopic (exact) mass is 301 g/mol. The molecule has 0 aliphatic rings. The highest BCUT2D eigenvalue weighted by Crippen LogP contribution is 2.20. The SMILES string of the molecule is [3H]n1ccc(OCc2c(C#C)cn(C)c2-n2nnn(C)c2=O)n1. The Bertz CT molecular complexity index is 956. The van der Waals surface area contributed by atoms with Crippen LogP contribution in [0.15, 0.2) is 23.3 Å². The number of aromatic nitrogens is 7. The van der Waals surface area contributed by atoms with Gasteiger partial charge in [0.2, 0.25) is 5.88 Å². The lowest BCUT2D eigenvalue weighted by molar-refractivity contribution is 0.292. The molecule has 3 aromatic heterocycles. The summed E-state index contributed by atoms with van der Waals surface area (Å²) < 4.78 is 16.8. The van der Waals surface area contributed by atoms with Crippen molar-refractivity contribution in [2.24, 2.45) is 14.1 Å². The number of tetrazole rings is 1. The van der Waals surface area contributed by atoms with Gasteiger partial charge in [0, 0.05) is 38.1 Å². The Balaban J connectivity index is 2.03. The molecular formula is C13H13N7O2. The molecular weight excluding hydrogens is 286 g/mol. The first-order valence-electron chi connectivity index (χ1n) is 6.78. The highest BCUT2D eigenvalue weighted by atomic mass is 16.5. The van der Waals surface area contributed by atoms with Crippen molar-refractivity contribution in [2.45, 2.75) is 6.61 Å². The molecule has 9 nitrogen and oxygen atoms in total. The summed E-state index contributed by atoms with van der Waals surface area (Å²) in [7, 11) is 3.26. The molecule has 3 heterocycles. The van der Waals surface area contributed by atoms with Crippen molar-refractivity contribution in [1.29, 1.82) is 0 Å². The van der Waals surface area contributed by atoms with Gasteiger partial charge < -0.3 is 9.30 Å². The molecule has 0 fully saturated rings. The van der Waals surface area contributed by atoms with Crippen LogP contribution in [-0.4, -0.2) is 34.5 Å². The maximum atomic E-state index is 12.1. The predicted octanol–water partition coefficient (Wildman–Crippen LogP) is -0.412. The van der Waals surface area contributed by atoms with Crippen LogP contribution in [0.1, 0.15) is 11.1 Å². The van der Waals surface area contributed by atoms with Gasteiger partial charge in [-0.3, -0.25) is 5.09 Å². The second-order valence-corrected chi connectivity index (χ2v) is 4.56. The van der Waals surface area contributed by atoms with E-state index in [4.69, 9.17) is 12.6 Å². The van der Waals surface area contributed by atoms with E-state index in [0.717, 1.165) is 14.5 Å². The first-order chi connectivity index (χ1) is 11.0. The van der Waals surface area contributed by atoms with Gasteiger partial charge in [0.05, 0.1) is 5.56 Å². The third-order valence-corrected chi connectivity index (χ3v) is 3.13. The molecule has 0 bridgehead atoms. The zero-order chi connectivity index (χ0) is 16.6. The highest BCUT2D eigenvalue weighted by Gasteiger charge is 2.19. The maximum absolute atomic E-state index is 12.1. The number of ether oxygens (including phenoxy) is 1. The second kappa shape index (κ2) is 5.25. The predicted molar refractivity (Wildman–Crippen MR) is 76.4 cm³/mol. The molecule has 0 radical (unpaired) electrons. The number of hydrogen-bond donors (Lipinski definition) is 1.